The van der Waals surface area contributed by atoms with Crippen molar-refractivity contribution in [3.63, 3.8) is 0 Å². The quantitative estimate of drug-likeness (QED) is 0.687. The Bertz CT molecular complexity index is 1160. The van der Waals surface area contributed by atoms with Crippen LogP contribution in [0.1, 0.15) is 28.3 Å². The number of imidazole rings is 1. The third-order valence-electron chi connectivity index (χ3n) is 5.18. The lowest BCUT2D eigenvalue weighted by molar-refractivity contribution is 0.0888. The molecule has 0 saturated heterocycles. The lowest BCUT2D eigenvalue weighted by Crippen LogP contribution is -2.27. The van der Waals surface area contributed by atoms with E-state index in [2.05, 4.69) is 9.17 Å². The highest BCUT2D eigenvalue weighted by Crippen LogP contribution is 2.36. The number of carbonyl (C=O) groups excluding carboxylic acids is 1. The minimum absolute atomic E-state index is 0.000913. The minimum Gasteiger partial charge on any atom is -0.362 e. The summed E-state index contributed by atoms with van der Waals surface area (Å²) in [6, 6.07) is 4.62. The number of hydrogen-bond acceptors (Lipinski definition) is 5. The fraction of sp³-hybridized carbons (Fsp3) is 0.333. The van der Waals surface area contributed by atoms with Gasteiger partial charge in [0.1, 0.15) is 11.6 Å². The van der Waals surface area contributed by atoms with Crippen LogP contribution in [0.5, 0.6) is 5.75 Å². The van der Waals surface area contributed by atoms with E-state index in [1.807, 2.05) is 29.3 Å². The Morgan fingerprint density at radius 1 is 1.37 bits per heavy atom. The number of benzene rings is 1. The SMILES string of the molecule is Cc1nccn1CC1CCc2c(c3ccc(OS(=O)(=O)O)cc3n2C)C1=O. The summed E-state index contributed by atoms with van der Waals surface area (Å²) in [4.78, 5) is 17.4. The van der Waals surface area contributed by atoms with Gasteiger partial charge in [-0.15, -0.1) is 0 Å². The summed E-state index contributed by atoms with van der Waals surface area (Å²) in [5.41, 5.74) is 2.30. The lowest BCUT2D eigenvalue weighted by Gasteiger charge is -2.23. The van der Waals surface area contributed by atoms with Crippen molar-refractivity contribution in [2.75, 3.05) is 0 Å². The fourth-order valence-electron chi connectivity index (χ4n) is 3.86. The van der Waals surface area contributed by atoms with E-state index in [9.17, 15) is 13.2 Å². The molecule has 0 aliphatic heterocycles. The number of carbonyl (C=O) groups is 1. The molecule has 2 aromatic heterocycles. The lowest BCUT2D eigenvalue weighted by atomic mass is 9.85. The molecule has 0 fully saturated rings. The molecule has 1 aliphatic rings. The van der Waals surface area contributed by atoms with Gasteiger partial charge in [0.25, 0.3) is 0 Å². The molecular weight excluding hydrogens is 370 g/mol. The average molecular weight is 389 g/mol. The van der Waals surface area contributed by atoms with Gasteiger partial charge in [-0.1, -0.05) is 0 Å². The van der Waals surface area contributed by atoms with E-state index in [1.54, 1.807) is 12.3 Å². The van der Waals surface area contributed by atoms with Crippen molar-refractivity contribution in [1.82, 2.24) is 14.1 Å². The van der Waals surface area contributed by atoms with Gasteiger partial charge >= 0.3 is 10.4 Å². The average Bonchev–Trinajstić information content (AvgIpc) is 3.11. The first-order chi connectivity index (χ1) is 12.7. The molecule has 0 radical (unpaired) electrons. The molecule has 1 atom stereocenters. The summed E-state index contributed by atoms with van der Waals surface area (Å²) in [6.45, 7) is 2.50. The zero-order valence-electron chi connectivity index (χ0n) is 14.9. The number of aryl methyl sites for hydroxylation is 2. The predicted molar refractivity (Wildman–Crippen MR) is 98.2 cm³/mol. The van der Waals surface area contributed by atoms with E-state index in [0.717, 1.165) is 29.7 Å². The highest BCUT2D eigenvalue weighted by Gasteiger charge is 2.32. The second-order valence-corrected chi connectivity index (χ2v) is 7.82. The van der Waals surface area contributed by atoms with Gasteiger partial charge in [0.15, 0.2) is 5.78 Å². The fourth-order valence-corrected chi connectivity index (χ4v) is 4.21. The van der Waals surface area contributed by atoms with Gasteiger partial charge in [0.05, 0.1) is 5.52 Å². The third kappa shape index (κ3) is 3.13. The van der Waals surface area contributed by atoms with Crippen LogP contribution in [0, 0.1) is 12.8 Å². The van der Waals surface area contributed by atoms with Gasteiger partial charge in [0.2, 0.25) is 0 Å². The molecule has 1 aliphatic carbocycles. The largest absolute Gasteiger partial charge is 0.446 e. The number of rotatable bonds is 4. The third-order valence-corrected chi connectivity index (χ3v) is 5.59. The van der Waals surface area contributed by atoms with Gasteiger partial charge in [-0.2, -0.15) is 8.42 Å². The van der Waals surface area contributed by atoms with E-state index in [-0.39, 0.29) is 17.5 Å². The minimum atomic E-state index is -4.60. The molecule has 27 heavy (non-hydrogen) atoms. The molecule has 9 heteroatoms. The topological polar surface area (TPSA) is 103 Å². The number of Topliss-reactive ketones (excluding diaryl/α,β-unsaturated/α-hetero) is 1. The Morgan fingerprint density at radius 2 is 2.15 bits per heavy atom. The van der Waals surface area contributed by atoms with Crippen LogP contribution in [0.3, 0.4) is 0 Å². The van der Waals surface area contributed by atoms with Crippen molar-refractivity contribution in [1.29, 1.82) is 0 Å². The van der Waals surface area contributed by atoms with Gasteiger partial charge in [-0.05, 0) is 31.9 Å². The zero-order chi connectivity index (χ0) is 19.3. The van der Waals surface area contributed by atoms with Crippen molar-refractivity contribution in [2.45, 2.75) is 26.3 Å². The Kier molecular flexibility index (Phi) is 4.08. The molecule has 142 valence electrons. The molecule has 0 bridgehead atoms. The zero-order valence-corrected chi connectivity index (χ0v) is 15.7. The van der Waals surface area contributed by atoms with Crippen LogP contribution in [0.2, 0.25) is 0 Å². The maximum atomic E-state index is 13.2. The second-order valence-electron chi connectivity index (χ2n) is 6.80. The number of fused-ring (bicyclic) bond motifs is 3. The van der Waals surface area contributed by atoms with Crippen LogP contribution >= 0.6 is 0 Å². The maximum Gasteiger partial charge on any atom is 0.446 e. The number of nitrogens with zero attached hydrogens (tertiary/aromatic N) is 3. The summed E-state index contributed by atoms with van der Waals surface area (Å²) in [5, 5.41) is 0.757. The summed E-state index contributed by atoms with van der Waals surface area (Å²) in [6.07, 6.45) is 5.09. The van der Waals surface area contributed by atoms with Gasteiger partial charge in [-0.3, -0.25) is 9.35 Å². The predicted octanol–water partition coefficient (Wildman–Crippen LogP) is 2.31. The van der Waals surface area contributed by atoms with Crippen molar-refractivity contribution < 1.29 is 21.9 Å². The molecule has 2 heterocycles. The van der Waals surface area contributed by atoms with E-state index >= 15 is 0 Å². The molecule has 0 saturated carbocycles. The molecule has 0 spiro atoms. The van der Waals surface area contributed by atoms with Crippen LogP contribution in [0.4, 0.5) is 0 Å². The molecule has 1 unspecified atom stereocenters. The van der Waals surface area contributed by atoms with Crippen molar-refractivity contribution in [2.24, 2.45) is 13.0 Å². The van der Waals surface area contributed by atoms with Crippen molar-refractivity contribution in [3.05, 3.63) is 47.7 Å². The van der Waals surface area contributed by atoms with E-state index in [4.69, 9.17) is 4.55 Å². The maximum absolute atomic E-state index is 13.2. The van der Waals surface area contributed by atoms with Gasteiger partial charge < -0.3 is 13.3 Å². The smallest absolute Gasteiger partial charge is 0.362 e. The van der Waals surface area contributed by atoms with Crippen LogP contribution in [0.25, 0.3) is 10.9 Å². The number of aromatic nitrogens is 3. The second kappa shape index (κ2) is 6.21. The Labute approximate surface area is 156 Å². The summed E-state index contributed by atoms with van der Waals surface area (Å²) in [5.74, 6) is 0.822. The number of ketones is 1. The molecule has 0 amide bonds. The van der Waals surface area contributed by atoms with Crippen LogP contribution in [-0.2, 0) is 30.4 Å². The molecule has 4 rings (SSSR count). The first kappa shape index (κ1) is 17.7. The van der Waals surface area contributed by atoms with E-state index in [0.29, 0.717) is 17.6 Å². The highest BCUT2D eigenvalue weighted by molar-refractivity contribution is 7.81. The Balaban J connectivity index is 1.74. The standard InChI is InChI=1S/C18H19N3O5S/c1-11-19-7-8-21(11)10-12-3-6-15-17(18(12)22)14-5-4-13(26-27(23,24)25)9-16(14)20(15)2/h4-5,7-9,12H,3,6,10H2,1-2H3,(H,23,24,25). The van der Waals surface area contributed by atoms with E-state index < -0.39 is 10.4 Å². The van der Waals surface area contributed by atoms with Gasteiger partial charge in [0, 0.05) is 54.6 Å². The van der Waals surface area contributed by atoms with E-state index in [1.165, 1.54) is 12.1 Å². The van der Waals surface area contributed by atoms with Crippen molar-refractivity contribution >= 4 is 27.1 Å². The summed E-state index contributed by atoms with van der Waals surface area (Å²) < 4.78 is 39.2. The summed E-state index contributed by atoms with van der Waals surface area (Å²) >= 11 is 0. The number of hydrogen-bond donors (Lipinski definition) is 1. The highest BCUT2D eigenvalue weighted by atomic mass is 32.3. The molecule has 3 aromatic rings. The normalized spacial score (nSPS) is 17.3. The molecular formula is C18H19N3O5S. The van der Waals surface area contributed by atoms with Crippen molar-refractivity contribution in [3.8, 4) is 5.75 Å². The first-order valence-corrected chi connectivity index (χ1v) is 9.91. The summed E-state index contributed by atoms with van der Waals surface area (Å²) in [7, 11) is -2.76. The Hall–Kier alpha value is -2.65. The van der Waals surface area contributed by atoms with Crippen LogP contribution < -0.4 is 4.18 Å². The Morgan fingerprint density at radius 3 is 2.81 bits per heavy atom. The van der Waals surface area contributed by atoms with Crippen LogP contribution in [0.15, 0.2) is 30.6 Å². The first-order valence-electron chi connectivity index (χ1n) is 8.55. The van der Waals surface area contributed by atoms with Crippen LogP contribution in [-0.4, -0.2) is 32.9 Å². The van der Waals surface area contributed by atoms with Gasteiger partial charge in [-0.25, -0.2) is 4.98 Å². The monoisotopic (exact) mass is 389 g/mol. The molecule has 8 nitrogen and oxygen atoms in total. The molecule has 1 N–H and O–H groups in total. The molecule has 1 aromatic carbocycles.